The number of hydrogen-bond donors (Lipinski definition) is 1. The van der Waals surface area contributed by atoms with Crippen molar-refractivity contribution in [3.8, 4) is 17.0 Å². The Labute approximate surface area is 150 Å². The van der Waals surface area contributed by atoms with Gasteiger partial charge in [-0.1, -0.05) is 12.1 Å². The van der Waals surface area contributed by atoms with Gasteiger partial charge in [-0.3, -0.25) is 0 Å². The number of nitrogen functional groups attached to an aromatic ring is 1. The lowest BCUT2D eigenvalue weighted by atomic mass is 10.1. The van der Waals surface area contributed by atoms with Crippen LogP contribution in [0.2, 0.25) is 0 Å². The normalized spacial score (nSPS) is 10.5. The van der Waals surface area contributed by atoms with Crippen molar-refractivity contribution in [1.29, 1.82) is 0 Å². The van der Waals surface area contributed by atoms with E-state index in [4.69, 9.17) is 10.5 Å². The van der Waals surface area contributed by atoms with Gasteiger partial charge in [-0.15, -0.1) is 11.3 Å². The SMILES string of the molecule is COC(=O)c1ccc(COc2ccc(-c3nc(N)sc3C)cc2)cc1. The molecule has 3 aromatic rings. The van der Waals surface area contributed by atoms with E-state index in [9.17, 15) is 4.79 Å². The average molecular weight is 354 g/mol. The zero-order valence-electron chi connectivity index (χ0n) is 14.0. The lowest BCUT2D eigenvalue weighted by Gasteiger charge is -2.08. The second-order valence-electron chi connectivity index (χ2n) is 5.46. The summed E-state index contributed by atoms with van der Waals surface area (Å²) >= 11 is 1.48. The van der Waals surface area contributed by atoms with Crippen LogP contribution < -0.4 is 10.5 Å². The first-order valence-corrected chi connectivity index (χ1v) is 8.52. The Balaban J connectivity index is 1.64. The van der Waals surface area contributed by atoms with Crippen molar-refractivity contribution in [2.45, 2.75) is 13.5 Å². The van der Waals surface area contributed by atoms with Gasteiger partial charge >= 0.3 is 5.97 Å². The standard InChI is InChI=1S/C19H18N2O3S/c1-12-17(21-19(20)25-12)14-7-9-16(10-8-14)24-11-13-3-5-15(6-4-13)18(22)23-2/h3-10H,11H2,1-2H3,(H2,20,21). The highest BCUT2D eigenvalue weighted by Crippen LogP contribution is 2.29. The summed E-state index contributed by atoms with van der Waals surface area (Å²) in [5.41, 5.74) is 9.17. The van der Waals surface area contributed by atoms with E-state index in [1.54, 1.807) is 12.1 Å². The zero-order valence-corrected chi connectivity index (χ0v) is 14.8. The molecule has 0 atom stereocenters. The van der Waals surface area contributed by atoms with E-state index < -0.39 is 0 Å². The molecule has 0 saturated carbocycles. The maximum Gasteiger partial charge on any atom is 0.337 e. The van der Waals surface area contributed by atoms with Crippen LogP contribution in [0.25, 0.3) is 11.3 Å². The third-order valence-corrected chi connectivity index (χ3v) is 4.52. The summed E-state index contributed by atoms with van der Waals surface area (Å²) in [6.07, 6.45) is 0. The summed E-state index contributed by atoms with van der Waals surface area (Å²) in [6, 6.07) is 14.9. The highest BCUT2D eigenvalue weighted by molar-refractivity contribution is 7.15. The van der Waals surface area contributed by atoms with Crippen LogP contribution in [0.5, 0.6) is 5.75 Å². The molecule has 2 N–H and O–H groups in total. The van der Waals surface area contributed by atoms with Crippen molar-refractivity contribution < 1.29 is 14.3 Å². The molecule has 128 valence electrons. The molecule has 0 radical (unpaired) electrons. The summed E-state index contributed by atoms with van der Waals surface area (Å²) in [5, 5.41) is 0.572. The van der Waals surface area contributed by atoms with Gasteiger partial charge in [0.2, 0.25) is 0 Å². The number of nitrogens with two attached hydrogens (primary N) is 1. The molecule has 6 heteroatoms. The molecule has 0 spiro atoms. The first-order valence-electron chi connectivity index (χ1n) is 7.70. The fourth-order valence-electron chi connectivity index (χ4n) is 2.42. The summed E-state index contributed by atoms with van der Waals surface area (Å²) < 4.78 is 10.5. The molecule has 0 amide bonds. The van der Waals surface area contributed by atoms with Gasteiger partial charge in [-0.2, -0.15) is 0 Å². The molecule has 0 saturated heterocycles. The van der Waals surface area contributed by atoms with E-state index in [0.29, 0.717) is 17.3 Å². The van der Waals surface area contributed by atoms with Crippen molar-refractivity contribution in [3.05, 3.63) is 64.5 Å². The number of esters is 1. The number of benzene rings is 2. The first-order chi connectivity index (χ1) is 12.1. The van der Waals surface area contributed by atoms with Gasteiger partial charge in [-0.25, -0.2) is 9.78 Å². The third kappa shape index (κ3) is 3.97. The van der Waals surface area contributed by atoms with Gasteiger partial charge in [-0.05, 0) is 48.9 Å². The molecule has 3 rings (SSSR count). The Morgan fingerprint density at radius 2 is 1.80 bits per heavy atom. The molecule has 0 fully saturated rings. The highest BCUT2D eigenvalue weighted by Gasteiger charge is 2.08. The van der Waals surface area contributed by atoms with Crippen LogP contribution in [0, 0.1) is 6.92 Å². The van der Waals surface area contributed by atoms with Crippen LogP contribution in [-0.2, 0) is 11.3 Å². The smallest absolute Gasteiger partial charge is 0.337 e. The topological polar surface area (TPSA) is 74.4 Å². The minimum Gasteiger partial charge on any atom is -0.489 e. The predicted octanol–water partition coefficient (Wildman–Crippen LogP) is 4.07. The number of carbonyl (C=O) groups is 1. The van der Waals surface area contributed by atoms with Crippen LogP contribution >= 0.6 is 11.3 Å². The number of methoxy groups -OCH3 is 1. The molecule has 0 aliphatic heterocycles. The predicted molar refractivity (Wildman–Crippen MR) is 98.8 cm³/mol. The lowest BCUT2D eigenvalue weighted by molar-refractivity contribution is 0.0600. The summed E-state index contributed by atoms with van der Waals surface area (Å²) in [5.74, 6) is 0.419. The monoisotopic (exact) mass is 354 g/mol. The van der Waals surface area contributed by atoms with E-state index in [2.05, 4.69) is 9.72 Å². The molecule has 0 bridgehead atoms. The van der Waals surface area contributed by atoms with E-state index in [-0.39, 0.29) is 5.97 Å². The summed E-state index contributed by atoms with van der Waals surface area (Å²) in [4.78, 5) is 16.9. The number of ether oxygens (including phenoxy) is 2. The van der Waals surface area contributed by atoms with E-state index >= 15 is 0 Å². The number of anilines is 1. The maximum absolute atomic E-state index is 11.4. The molecule has 0 aliphatic carbocycles. The Morgan fingerprint density at radius 3 is 2.36 bits per heavy atom. The van der Waals surface area contributed by atoms with Gasteiger partial charge in [0.1, 0.15) is 12.4 Å². The Morgan fingerprint density at radius 1 is 1.12 bits per heavy atom. The van der Waals surface area contributed by atoms with Crippen LogP contribution in [0.1, 0.15) is 20.8 Å². The number of aryl methyl sites for hydroxylation is 1. The minimum atomic E-state index is -0.346. The van der Waals surface area contributed by atoms with Crippen molar-refractivity contribution in [2.24, 2.45) is 0 Å². The highest BCUT2D eigenvalue weighted by atomic mass is 32.1. The largest absolute Gasteiger partial charge is 0.489 e. The van der Waals surface area contributed by atoms with Crippen molar-refractivity contribution in [1.82, 2.24) is 4.98 Å². The number of carbonyl (C=O) groups excluding carboxylic acids is 1. The van der Waals surface area contributed by atoms with Crippen molar-refractivity contribution >= 4 is 22.4 Å². The van der Waals surface area contributed by atoms with Crippen LogP contribution in [0.4, 0.5) is 5.13 Å². The lowest BCUT2D eigenvalue weighted by Crippen LogP contribution is -2.01. The van der Waals surface area contributed by atoms with Crippen molar-refractivity contribution in [3.63, 3.8) is 0 Å². The van der Waals surface area contributed by atoms with Crippen LogP contribution in [0.15, 0.2) is 48.5 Å². The molecule has 5 nitrogen and oxygen atoms in total. The third-order valence-electron chi connectivity index (χ3n) is 3.72. The molecule has 0 aliphatic rings. The number of hydrogen-bond acceptors (Lipinski definition) is 6. The summed E-state index contributed by atoms with van der Waals surface area (Å²) in [6.45, 7) is 2.43. The van der Waals surface area contributed by atoms with Gasteiger partial charge in [0.05, 0.1) is 18.4 Å². The molecule has 2 aromatic carbocycles. The quantitative estimate of drug-likeness (QED) is 0.699. The Hall–Kier alpha value is -2.86. The minimum absolute atomic E-state index is 0.346. The van der Waals surface area contributed by atoms with Crippen LogP contribution in [-0.4, -0.2) is 18.1 Å². The zero-order chi connectivity index (χ0) is 17.8. The Kier molecular flexibility index (Phi) is 5.00. The number of aromatic nitrogens is 1. The number of nitrogens with zero attached hydrogens (tertiary/aromatic N) is 1. The Bertz CT molecular complexity index is 871. The fourth-order valence-corrected chi connectivity index (χ4v) is 3.13. The van der Waals surface area contributed by atoms with Gasteiger partial charge in [0.25, 0.3) is 0 Å². The van der Waals surface area contributed by atoms with Gasteiger partial charge in [0, 0.05) is 10.4 Å². The molecule has 1 aromatic heterocycles. The number of rotatable bonds is 5. The summed E-state index contributed by atoms with van der Waals surface area (Å²) in [7, 11) is 1.37. The second kappa shape index (κ2) is 7.36. The molecular formula is C19H18N2O3S. The van der Waals surface area contributed by atoms with E-state index in [1.165, 1.54) is 18.4 Å². The molecule has 1 heterocycles. The molecule has 0 unspecified atom stereocenters. The van der Waals surface area contributed by atoms with E-state index in [0.717, 1.165) is 27.4 Å². The van der Waals surface area contributed by atoms with Crippen molar-refractivity contribution in [2.75, 3.05) is 12.8 Å². The second-order valence-corrected chi connectivity index (χ2v) is 6.69. The molecular weight excluding hydrogens is 336 g/mol. The maximum atomic E-state index is 11.4. The molecule has 25 heavy (non-hydrogen) atoms. The van der Waals surface area contributed by atoms with Crippen LogP contribution in [0.3, 0.4) is 0 Å². The van der Waals surface area contributed by atoms with E-state index in [1.807, 2.05) is 43.3 Å². The van der Waals surface area contributed by atoms with Gasteiger partial charge < -0.3 is 15.2 Å². The fraction of sp³-hybridized carbons (Fsp3) is 0.158. The van der Waals surface area contributed by atoms with Gasteiger partial charge in [0.15, 0.2) is 5.13 Å². The average Bonchev–Trinajstić information content (AvgIpc) is 2.98. The first kappa shape index (κ1) is 17.0. The number of thiazole rings is 1.